The average Bonchev–Trinajstić information content (AvgIpc) is 2.76. The van der Waals surface area contributed by atoms with Crippen LogP contribution < -0.4 is 5.32 Å². The van der Waals surface area contributed by atoms with Crippen LogP contribution in [0.4, 0.5) is 5.69 Å². The molecule has 18 heavy (non-hydrogen) atoms. The maximum atomic E-state index is 3.68. The van der Waals surface area contributed by atoms with E-state index in [1.807, 2.05) is 11.3 Å². The molecule has 1 N–H and O–H groups in total. The van der Waals surface area contributed by atoms with E-state index in [4.69, 9.17) is 0 Å². The topological polar surface area (TPSA) is 12.0 Å². The Morgan fingerprint density at radius 2 is 2.22 bits per heavy atom. The van der Waals surface area contributed by atoms with Crippen molar-refractivity contribution in [3.05, 3.63) is 50.1 Å². The van der Waals surface area contributed by atoms with Gasteiger partial charge in [-0.15, -0.1) is 11.3 Å². The number of thiophene rings is 1. The van der Waals surface area contributed by atoms with Gasteiger partial charge in [0.2, 0.25) is 0 Å². The third kappa shape index (κ3) is 2.47. The molecule has 3 heteroatoms. The summed E-state index contributed by atoms with van der Waals surface area (Å²) >= 11 is 5.46. The summed E-state index contributed by atoms with van der Waals surface area (Å²) in [4.78, 5) is 1.56. The highest BCUT2D eigenvalue weighted by Crippen LogP contribution is 2.36. The average molecular weight is 322 g/mol. The van der Waals surface area contributed by atoms with E-state index in [1.54, 1.807) is 4.88 Å². The van der Waals surface area contributed by atoms with Gasteiger partial charge in [0.15, 0.2) is 0 Å². The second-order valence-corrected chi connectivity index (χ2v) is 6.82. The summed E-state index contributed by atoms with van der Waals surface area (Å²) in [6.07, 6.45) is 3.77. The van der Waals surface area contributed by atoms with Crippen LogP contribution in [0.2, 0.25) is 0 Å². The number of aryl methyl sites for hydroxylation is 2. The van der Waals surface area contributed by atoms with Gasteiger partial charge in [-0.2, -0.15) is 0 Å². The van der Waals surface area contributed by atoms with Gasteiger partial charge in [0.25, 0.3) is 0 Å². The van der Waals surface area contributed by atoms with E-state index in [-0.39, 0.29) is 0 Å². The molecule has 94 valence electrons. The zero-order valence-corrected chi connectivity index (χ0v) is 12.8. The highest BCUT2D eigenvalue weighted by atomic mass is 79.9. The number of rotatable bonds is 2. The minimum Gasteiger partial charge on any atom is -0.378 e. The molecule has 1 unspecified atom stereocenters. The Morgan fingerprint density at radius 1 is 1.33 bits per heavy atom. The van der Waals surface area contributed by atoms with Gasteiger partial charge in [-0.1, -0.05) is 15.9 Å². The molecule has 1 aliphatic carbocycles. The standard InChI is InChI=1S/C15H16BrNS/c1-10-7-11(16)9-12(8-10)17-14-3-2-4-15-13(14)5-6-18-15/h5-9,14,17H,2-4H2,1H3. The van der Waals surface area contributed by atoms with Gasteiger partial charge in [-0.25, -0.2) is 0 Å². The Morgan fingerprint density at radius 3 is 3.06 bits per heavy atom. The van der Waals surface area contributed by atoms with Gasteiger partial charge in [0, 0.05) is 15.0 Å². The minimum atomic E-state index is 0.480. The number of nitrogens with one attached hydrogen (secondary N) is 1. The van der Waals surface area contributed by atoms with Crippen LogP contribution in [0.5, 0.6) is 0 Å². The van der Waals surface area contributed by atoms with E-state index in [0.717, 1.165) is 4.47 Å². The molecule has 1 nitrogen and oxygen atoms in total. The summed E-state index contributed by atoms with van der Waals surface area (Å²) < 4.78 is 1.14. The molecule has 1 aromatic heterocycles. The van der Waals surface area contributed by atoms with Crippen molar-refractivity contribution in [2.75, 3.05) is 5.32 Å². The molecule has 0 amide bonds. The van der Waals surface area contributed by atoms with Crippen molar-refractivity contribution in [2.24, 2.45) is 0 Å². The fraction of sp³-hybridized carbons (Fsp3) is 0.333. The third-order valence-corrected chi connectivity index (χ3v) is 4.89. The van der Waals surface area contributed by atoms with Crippen molar-refractivity contribution in [1.82, 2.24) is 0 Å². The maximum absolute atomic E-state index is 3.68. The molecule has 0 radical (unpaired) electrons. The third-order valence-electron chi connectivity index (χ3n) is 3.43. The van der Waals surface area contributed by atoms with Crippen molar-refractivity contribution < 1.29 is 0 Å². The molecule has 0 saturated carbocycles. The van der Waals surface area contributed by atoms with Crippen molar-refractivity contribution in [2.45, 2.75) is 32.2 Å². The summed E-state index contributed by atoms with van der Waals surface area (Å²) in [5.74, 6) is 0. The Balaban J connectivity index is 1.86. The first-order valence-corrected chi connectivity index (χ1v) is 7.99. The molecule has 0 aliphatic heterocycles. The summed E-state index contributed by atoms with van der Waals surface area (Å²) in [6.45, 7) is 2.13. The van der Waals surface area contributed by atoms with Crippen molar-refractivity contribution >= 4 is 33.0 Å². The van der Waals surface area contributed by atoms with E-state index in [9.17, 15) is 0 Å². The molecule has 0 bridgehead atoms. The molecular weight excluding hydrogens is 306 g/mol. The number of hydrogen-bond acceptors (Lipinski definition) is 2. The van der Waals surface area contributed by atoms with Gasteiger partial charge in [0.1, 0.15) is 0 Å². The molecule has 1 aliphatic rings. The quantitative estimate of drug-likeness (QED) is 0.790. The number of benzene rings is 1. The number of fused-ring (bicyclic) bond motifs is 1. The first kappa shape index (κ1) is 12.2. The van der Waals surface area contributed by atoms with Gasteiger partial charge in [-0.3, -0.25) is 0 Å². The van der Waals surface area contributed by atoms with Crippen LogP contribution in [0.15, 0.2) is 34.1 Å². The lowest BCUT2D eigenvalue weighted by Crippen LogP contribution is -2.15. The lowest BCUT2D eigenvalue weighted by molar-refractivity contribution is 0.609. The predicted octanol–water partition coefficient (Wildman–Crippen LogP) is 5.31. The Kier molecular flexibility index (Phi) is 3.44. The van der Waals surface area contributed by atoms with Crippen molar-refractivity contribution in [3.63, 3.8) is 0 Å². The van der Waals surface area contributed by atoms with Crippen LogP contribution in [0, 0.1) is 6.92 Å². The second-order valence-electron chi connectivity index (χ2n) is 4.91. The van der Waals surface area contributed by atoms with Crippen LogP contribution in [0.1, 0.15) is 34.9 Å². The molecule has 1 heterocycles. The first-order chi connectivity index (χ1) is 8.72. The van der Waals surface area contributed by atoms with Crippen LogP contribution in [0.3, 0.4) is 0 Å². The van der Waals surface area contributed by atoms with Crippen molar-refractivity contribution in [1.29, 1.82) is 0 Å². The zero-order valence-electron chi connectivity index (χ0n) is 10.4. The molecule has 1 atom stereocenters. The number of hydrogen-bond donors (Lipinski definition) is 1. The van der Waals surface area contributed by atoms with Crippen LogP contribution in [-0.4, -0.2) is 0 Å². The summed E-state index contributed by atoms with van der Waals surface area (Å²) in [6, 6.07) is 9.27. The zero-order chi connectivity index (χ0) is 12.5. The summed E-state index contributed by atoms with van der Waals surface area (Å²) in [5.41, 5.74) is 4.00. The minimum absolute atomic E-state index is 0.480. The number of anilines is 1. The molecule has 0 spiro atoms. The van der Waals surface area contributed by atoms with Gasteiger partial charge < -0.3 is 5.32 Å². The molecule has 0 saturated heterocycles. The monoisotopic (exact) mass is 321 g/mol. The normalized spacial score (nSPS) is 18.4. The molecule has 3 rings (SSSR count). The first-order valence-electron chi connectivity index (χ1n) is 6.32. The smallest absolute Gasteiger partial charge is 0.0524 e. The van der Waals surface area contributed by atoms with E-state index in [2.05, 4.69) is 57.8 Å². The molecule has 0 fully saturated rings. The van der Waals surface area contributed by atoms with Gasteiger partial charge in [0.05, 0.1) is 6.04 Å². The summed E-state index contributed by atoms with van der Waals surface area (Å²) in [7, 11) is 0. The van der Waals surface area contributed by atoms with Crippen molar-refractivity contribution in [3.8, 4) is 0 Å². The highest BCUT2D eigenvalue weighted by Gasteiger charge is 2.20. The largest absolute Gasteiger partial charge is 0.378 e. The lowest BCUT2D eigenvalue weighted by Gasteiger charge is -2.25. The fourth-order valence-electron chi connectivity index (χ4n) is 2.66. The van der Waals surface area contributed by atoms with E-state index in [1.165, 1.54) is 36.1 Å². The second kappa shape index (κ2) is 5.06. The van der Waals surface area contributed by atoms with Crippen LogP contribution in [-0.2, 0) is 6.42 Å². The van der Waals surface area contributed by atoms with Crippen LogP contribution >= 0.6 is 27.3 Å². The Hall–Kier alpha value is -0.800. The summed E-state index contributed by atoms with van der Waals surface area (Å²) in [5, 5.41) is 5.90. The highest BCUT2D eigenvalue weighted by molar-refractivity contribution is 9.10. The van der Waals surface area contributed by atoms with E-state index in [0.29, 0.717) is 6.04 Å². The van der Waals surface area contributed by atoms with Gasteiger partial charge in [-0.05, 0) is 67.0 Å². The fourth-order valence-corrected chi connectivity index (χ4v) is 4.25. The Labute approximate surface area is 120 Å². The number of halogens is 1. The maximum Gasteiger partial charge on any atom is 0.0524 e. The van der Waals surface area contributed by atoms with Crippen LogP contribution in [0.25, 0.3) is 0 Å². The lowest BCUT2D eigenvalue weighted by atomic mass is 9.94. The molecule has 1 aromatic carbocycles. The Bertz CT molecular complexity index is 541. The molecular formula is C15H16BrNS. The van der Waals surface area contributed by atoms with E-state index < -0.39 is 0 Å². The molecule has 2 aromatic rings. The SMILES string of the molecule is Cc1cc(Br)cc(NC2CCCc3sccc32)c1. The van der Waals surface area contributed by atoms with Gasteiger partial charge >= 0.3 is 0 Å². The van der Waals surface area contributed by atoms with E-state index >= 15 is 0 Å². The predicted molar refractivity (Wildman–Crippen MR) is 82.5 cm³/mol.